The van der Waals surface area contributed by atoms with E-state index in [0.29, 0.717) is 24.1 Å². The van der Waals surface area contributed by atoms with Gasteiger partial charge in [0.05, 0.1) is 0 Å². The van der Waals surface area contributed by atoms with Crippen molar-refractivity contribution in [2.75, 3.05) is 5.32 Å². The van der Waals surface area contributed by atoms with E-state index in [2.05, 4.69) is 10.6 Å². The number of primary amides is 1. The maximum absolute atomic E-state index is 12.3. The van der Waals surface area contributed by atoms with Gasteiger partial charge in [-0.05, 0) is 57.9 Å². The number of carbonyl (C=O) groups excluding carboxylic acids is 3. The molecule has 0 unspecified atom stereocenters. The fraction of sp³-hybridized carbons (Fsp3) is 0.438. The smallest absolute Gasteiger partial charge is 0.408 e. The van der Waals surface area contributed by atoms with E-state index in [0.717, 1.165) is 0 Å². The summed E-state index contributed by atoms with van der Waals surface area (Å²) in [6.07, 6.45) is 0.490. The first kappa shape index (κ1) is 16.8. The van der Waals surface area contributed by atoms with Crippen LogP contribution in [0.4, 0.5) is 10.5 Å². The van der Waals surface area contributed by atoms with Crippen LogP contribution >= 0.6 is 0 Å². The second-order valence-electron chi connectivity index (χ2n) is 6.60. The van der Waals surface area contributed by atoms with E-state index in [1.165, 1.54) is 12.1 Å². The number of rotatable bonds is 4. The maximum atomic E-state index is 12.3. The molecule has 23 heavy (non-hydrogen) atoms. The van der Waals surface area contributed by atoms with E-state index in [1.54, 1.807) is 32.9 Å². The van der Waals surface area contributed by atoms with Gasteiger partial charge in [-0.1, -0.05) is 0 Å². The number of alkyl carbamates (subject to hydrolysis) is 1. The average Bonchev–Trinajstić information content (AvgIpc) is 3.17. The number of carbonyl (C=O) groups is 3. The van der Waals surface area contributed by atoms with E-state index in [4.69, 9.17) is 10.5 Å². The summed E-state index contributed by atoms with van der Waals surface area (Å²) in [4.78, 5) is 35.2. The summed E-state index contributed by atoms with van der Waals surface area (Å²) in [7, 11) is 0. The Kier molecular flexibility index (Phi) is 4.31. The molecule has 1 aromatic carbocycles. The zero-order valence-electron chi connectivity index (χ0n) is 13.4. The monoisotopic (exact) mass is 319 g/mol. The third kappa shape index (κ3) is 4.45. The number of benzene rings is 1. The Morgan fingerprint density at radius 2 is 1.70 bits per heavy atom. The lowest BCUT2D eigenvalue weighted by Gasteiger charge is -2.23. The van der Waals surface area contributed by atoms with Gasteiger partial charge in [-0.15, -0.1) is 0 Å². The van der Waals surface area contributed by atoms with Crippen LogP contribution in [0.3, 0.4) is 0 Å². The molecule has 124 valence electrons. The largest absolute Gasteiger partial charge is 0.444 e. The van der Waals surface area contributed by atoms with Crippen LogP contribution in [0.1, 0.15) is 44.0 Å². The Bertz CT molecular complexity index is 628. The number of anilines is 1. The number of nitrogens with two attached hydrogens (primary N) is 1. The van der Waals surface area contributed by atoms with Gasteiger partial charge in [0.15, 0.2) is 0 Å². The van der Waals surface area contributed by atoms with Crippen molar-refractivity contribution in [3.63, 3.8) is 0 Å². The molecule has 4 N–H and O–H groups in total. The van der Waals surface area contributed by atoms with Crippen LogP contribution in [0, 0.1) is 0 Å². The fourth-order valence-electron chi connectivity index (χ4n) is 2.00. The third-order valence-corrected chi connectivity index (χ3v) is 3.35. The molecule has 0 radical (unpaired) electrons. The Labute approximate surface area is 134 Å². The Hall–Kier alpha value is -2.57. The first-order chi connectivity index (χ1) is 10.6. The van der Waals surface area contributed by atoms with Crippen molar-refractivity contribution in [1.82, 2.24) is 5.32 Å². The number of hydrogen-bond acceptors (Lipinski definition) is 4. The number of hydrogen-bond donors (Lipinski definition) is 3. The van der Waals surface area contributed by atoms with Gasteiger partial charge in [0.1, 0.15) is 11.1 Å². The second kappa shape index (κ2) is 5.91. The van der Waals surface area contributed by atoms with Crippen LogP contribution in [-0.4, -0.2) is 29.0 Å². The summed E-state index contributed by atoms with van der Waals surface area (Å²) >= 11 is 0. The first-order valence-electron chi connectivity index (χ1n) is 7.34. The fourth-order valence-corrected chi connectivity index (χ4v) is 2.00. The highest BCUT2D eigenvalue weighted by Gasteiger charge is 2.52. The lowest BCUT2D eigenvalue weighted by atomic mass is 10.2. The van der Waals surface area contributed by atoms with E-state index in [1.807, 2.05) is 0 Å². The predicted molar refractivity (Wildman–Crippen MR) is 84.9 cm³/mol. The highest BCUT2D eigenvalue weighted by molar-refractivity contribution is 6.02. The highest BCUT2D eigenvalue weighted by atomic mass is 16.6. The zero-order valence-corrected chi connectivity index (χ0v) is 13.4. The zero-order chi connectivity index (χ0) is 17.3. The molecule has 1 aliphatic rings. The van der Waals surface area contributed by atoms with Gasteiger partial charge in [0.2, 0.25) is 11.8 Å². The number of amides is 3. The van der Waals surface area contributed by atoms with Crippen LogP contribution in [0.2, 0.25) is 0 Å². The molecule has 1 saturated carbocycles. The summed E-state index contributed by atoms with van der Waals surface area (Å²) in [6.45, 7) is 5.27. The molecule has 7 nitrogen and oxygen atoms in total. The molecule has 3 amide bonds. The molecule has 0 saturated heterocycles. The minimum absolute atomic E-state index is 0.310. The van der Waals surface area contributed by atoms with Gasteiger partial charge in [-0.3, -0.25) is 9.59 Å². The maximum Gasteiger partial charge on any atom is 0.408 e. The first-order valence-corrected chi connectivity index (χ1v) is 7.34. The quantitative estimate of drug-likeness (QED) is 0.785. The topological polar surface area (TPSA) is 111 Å². The summed E-state index contributed by atoms with van der Waals surface area (Å²) < 4.78 is 5.17. The molecule has 1 fully saturated rings. The summed E-state index contributed by atoms with van der Waals surface area (Å²) in [5, 5.41) is 5.34. The normalized spacial score (nSPS) is 15.4. The van der Waals surface area contributed by atoms with Crippen LogP contribution in [-0.2, 0) is 9.53 Å². The van der Waals surface area contributed by atoms with Crippen LogP contribution in [0.5, 0.6) is 0 Å². The van der Waals surface area contributed by atoms with Gasteiger partial charge in [-0.25, -0.2) is 4.79 Å². The molecular weight excluding hydrogens is 298 g/mol. The molecule has 7 heteroatoms. The number of ether oxygens (including phenoxy) is 1. The van der Waals surface area contributed by atoms with Gasteiger partial charge in [0, 0.05) is 11.3 Å². The summed E-state index contributed by atoms with van der Waals surface area (Å²) in [5.41, 5.74) is 4.49. The lowest BCUT2D eigenvalue weighted by Crippen LogP contribution is -2.47. The predicted octanol–water partition coefficient (Wildman–Crippen LogP) is 1.78. The SMILES string of the molecule is CC(C)(C)OC(=O)NC1(C(=O)Nc2ccc(C(N)=O)cc2)CC1. The molecule has 2 rings (SSSR count). The van der Waals surface area contributed by atoms with Gasteiger partial charge >= 0.3 is 6.09 Å². The minimum atomic E-state index is -0.926. The van der Waals surface area contributed by atoms with Crippen molar-refractivity contribution in [2.24, 2.45) is 5.73 Å². The molecule has 0 heterocycles. The minimum Gasteiger partial charge on any atom is -0.444 e. The van der Waals surface area contributed by atoms with E-state index in [-0.39, 0.29) is 5.91 Å². The Morgan fingerprint density at radius 3 is 2.13 bits per heavy atom. The number of nitrogens with one attached hydrogen (secondary N) is 2. The van der Waals surface area contributed by atoms with Gasteiger partial charge < -0.3 is 21.1 Å². The van der Waals surface area contributed by atoms with E-state index >= 15 is 0 Å². The van der Waals surface area contributed by atoms with E-state index < -0.39 is 23.1 Å². The van der Waals surface area contributed by atoms with Crippen LogP contribution < -0.4 is 16.4 Å². The van der Waals surface area contributed by atoms with Crippen molar-refractivity contribution in [1.29, 1.82) is 0 Å². The molecule has 0 aliphatic heterocycles. The average molecular weight is 319 g/mol. The molecule has 0 bridgehead atoms. The van der Waals surface area contributed by atoms with Crippen molar-refractivity contribution in [3.05, 3.63) is 29.8 Å². The Balaban J connectivity index is 1.97. The molecule has 1 aliphatic carbocycles. The van der Waals surface area contributed by atoms with E-state index in [9.17, 15) is 14.4 Å². The summed E-state index contributed by atoms with van der Waals surface area (Å²) in [6, 6.07) is 6.22. The molecular formula is C16H21N3O4. The van der Waals surface area contributed by atoms with Crippen LogP contribution in [0.25, 0.3) is 0 Å². The van der Waals surface area contributed by atoms with Crippen molar-refractivity contribution >= 4 is 23.6 Å². The second-order valence-corrected chi connectivity index (χ2v) is 6.60. The molecule has 1 aromatic rings. The molecule has 0 aromatic heterocycles. The van der Waals surface area contributed by atoms with Gasteiger partial charge in [0.25, 0.3) is 0 Å². The van der Waals surface area contributed by atoms with Gasteiger partial charge in [-0.2, -0.15) is 0 Å². The summed E-state index contributed by atoms with van der Waals surface area (Å²) in [5.74, 6) is -0.844. The lowest BCUT2D eigenvalue weighted by molar-refractivity contribution is -0.119. The van der Waals surface area contributed by atoms with Crippen molar-refractivity contribution in [2.45, 2.75) is 44.8 Å². The highest BCUT2D eigenvalue weighted by Crippen LogP contribution is 2.37. The van der Waals surface area contributed by atoms with Crippen molar-refractivity contribution in [3.8, 4) is 0 Å². The molecule has 0 atom stereocenters. The van der Waals surface area contributed by atoms with Crippen LogP contribution in [0.15, 0.2) is 24.3 Å². The standard InChI is InChI=1S/C16H21N3O4/c1-15(2,3)23-14(22)19-16(8-9-16)13(21)18-11-6-4-10(5-7-11)12(17)20/h4-7H,8-9H2,1-3H3,(H2,17,20)(H,18,21)(H,19,22). The molecule has 0 spiro atoms. The Morgan fingerprint density at radius 1 is 1.13 bits per heavy atom. The van der Waals surface area contributed by atoms with Crippen molar-refractivity contribution < 1.29 is 19.1 Å². The third-order valence-electron chi connectivity index (χ3n) is 3.35.